The average molecular weight is 308 g/mol. The summed E-state index contributed by atoms with van der Waals surface area (Å²) in [6.45, 7) is 0.772. The number of benzene rings is 1. The van der Waals surface area contributed by atoms with Crippen LogP contribution < -0.4 is 16.2 Å². The Morgan fingerprint density at radius 2 is 2.00 bits per heavy atom. The monoisotopic (exact) mass is 307 g/mol. The molecule has 2 rings (SSSR count). The van der Waals surface area contributed by atoms with Gasteiger partial charge in [-0.05, 0) is 23.8 Å². The zero-order valence-corrected chi connectivity index (χ0v) is 11.6. The fourth-order valence-corrected chi connectivity index (χ4v) is 1.84. The van der Waals surface area contributed by atoms with E-state index in [2.05, 4.69) is 43.5 Å². The highest BCUT2D eigenvalue weighted by Gasteiger charge is 2.04. The third-order valence-corrected chi connectivity index (χ3v) is 3.02. The summed E-state index contributed by atoms with van der Waals surface area (Å²) < 4.78 is 1.07. The number of halogens is 1. The van der Waals surface area contributed by atoms with Crippen molar-refractivity contribution in [1.82, 2.24) is 9.97 Å². The summed E-state index contributed by atoms with van der Waals surface area (Å²) in [6.07, 6.45) is 1.68. The molecule has 0 aliphatic rings. The van der Waals surface area contributed by atoms with E-state index in [9.17, 15) is 0 Å². The van der Waals surface area contributed by atoms with Crippen LogP contribution in [0.4, 0.5) is 11.8 Å². The highest BCUT2D eigenvalue weighted by molar-refractivity contribution is 9.10. The Labute approximate surface area is 114 Å². The molecule has 3 N–H and O–H groups in total. The second-order valence-electron chi connectivity index (χ2n) is 3.87. The van der Waals surface area contributed by atoms with E-state index >= 15 is 0 Å². The summed E-state index contributed by atoms with van der Waals surface area (Å²) in [5, 5.41) is 0. The first-order valence-corrected chi connectivity index (χ1v) is 6.23. The Hall–Kier alpha value is -1.66. The smallest absolute Gasteiger partial charge is 0.239 e. The molecule has 0 unspecified atom stereocenters. The lowest BCUT2D eigenvalue weighted by atomic mass is 10.2. The topological polar surface area (TPSA) is 67.1 Å². The summed E-state index contributed by atoms with van der Waals surface area (Å²) in [5.41, 5.74) is 3.65. The maximum Gasteiger partial charge on any atom is 0.239 e. The van der Waals surface area contributed by atoms with E-state index in [-0.39, 0.29) is 0 Å². The van der Waals surface area contributed by atoms with Crippen molar-refractivity contribution in [2.24, 2.45) is 5.84 Å². The molecule has 0 fully saturated rings. The van der Waals surface area contributed by atoms with Crippen LogP contribution in [0.3, 0.4) is 0 Å². The van der Waals surface area contributed by atoms with Crippen LogP contribution in [0.1, 0.15) is 5.56 Å². The maximum atomic E-state index is 5.29. The quantitative estimate of drug-likeness (QED) is 0.669. The molecule has 0 aliphatic carbocycles. The molecule has 1 aromatic heterocycles. The number of rotatable bonds is 4. The van der Waals surface area contributed by atoms with Gasteiger partial charge in [0.05, 0.1) is 0 Å². The fraction of sp³-hybridized carbons (Fsp3) is 0.167. The van der Waals surface area contributed by atoms with Crippen molar-refractivity contribution in [3.63, 3.8) is 0 Å². The number of nitrogens with one attached hydrogen (secondary N) is 1. The van der Waals surface area contributed by atoms with Crippen molar-refractivity contribution in [2.45, 2.75) is 6.54 Å². The first-order chi connectivity index (χ1) is 8.69. The van der Waals surface area contributed by atoms with Gasteiger partial charge in [-0.2, -0.15) is 4.98 Å². The van der Waals surface area contributed by atoms with Gasteiger partial charge in [0, 0.05) is 24.3 Å². The summed E-state index contributed by atoms with van der Waals surface area (Å²) in [7, 11) is 1.98. The highest BCUT2D eigenvalue weighted by Crippen LogP contribution is 2.15. The molecule has 2 aromatic rings. The number of nitrogen functional groups attached to an aromatic ring is 1. The Morgan fingerprint density at radius 1 is 1.28 bits per heavy atom. The van der Waals surface area contributed by atoms with E-state index in [1.54, 1.807) is 6.20 Å². The molecule has 5 nitrogen and oxygen atoms in total. The standard InChI is InChI=1S/C12H14BrN5/c1-18(8-9-2-4-10(13)5-3-9)11-6-7-15-12(16-11)17-14/h2-7H,8,14H2,1H3,(H,15,16,17). The summed E-state index contributed by atoms with van der Waals surface area (Å²) in [5.74, 6) is 6.52. The molecule has 0 aliphatic heterocycles. The van der Waals surface area contributed by atoms with Gasteiger partial charge >= 0.3 is 0 Å². The molecule has 1 heterocycles. The van der Waals surface area contributed by atoms with Crippen LogP contribution in [0, 0.1) is 0 Å². The first-order valence-electron chi connectivity index (χ1n) is 5.44. The fourth-order valence-electron chi connectivity index (χ4n) is 1.58. The Kier molecular flexibility index (Phi) is 4.11. The molecule has 6 heteroatoms. The number of nitrogens with two attached hydrogens (primary N) is 1. The van der Waals surface area contributed by atoms with Crippen LogP contribution in [-0.4, -0.2) is 17.0 Å². The predicted molar refractivity (Wildman–Crippen MR) is 76.1 cm³/mol. The molecule has 18 heavy (non-hydrogen) atoms. The number of nitrogens with zero attached hydrogens (tertiary/aromatic N) is 3. The van der Waals surface area contributed by atoms with Crippen LogP contribution in [0.5, 0.6) is 0 Å². The molecule has 0 amide bonds. The number of hydrogen-bond acceptors (Lipinski definition) is 5. The van der Waals surface area contributed by atoms with Gasteiger partial charge in [-0.3, -0.25) is 5.43 Å². The molecule has 0 spiro atoms. The zero-order chi connectivity index (χ0) is 13.0. The molecular weight excluding hydrogens is 294 g/mol. The lowest BCUT2D eigenvalue weighted by molar-refractivity contribution is 0.890. The number of anilines is 2. The van der Waals surface area contributed by atoms with E-state index in [1.807, 2.05) is 30.1 Å². The van der Waals surface area contributed by atoms with E-state index in [0.29, 0.717) is 5.95 Å². The SMILES string of the molecule is CN(Cc1ccc(Br)cc1)c1ccnc(NN)n1. The van der Waals surface area contributed by atoms with Gasteiger partial charge in [-0.15, -0.1) is 0 Å². The zero-order valence-electron chi connectivity index (χ0n) is 9.97. The lowest BCUT2D eigenvalue weighted by Gasteiger charge is -2.18. The van der Waals surface area contributed by atoms with Crippen LogP contribution >= 0.6 is 15.9 Å². The molecule has 0 saturated carbocycles. The normalized spacial score (nSPS) is 10.2. The summed E-state index contributed by atoms with van der Waals surface area (Å²) in [6, 6.07) is 10.0. The molecular formula is C12H14BrN5. The van der Waals surface area contributed by atoms with Crippen molar-refractivity contribution in [3.8, 4) is 0 Å². The van der Waals surface area contributed by atoms with Gasteiger partial charge in [-0.1, -0.05) is 28.1 Å². The van der Waals surface area contributed by atoms with Gasteiger partial charge < -0.3 is 4.90 Å². The van der Waals surface area contributed by atoms with Gasteiger partial charge in [0.15, 0.2) is 0 Å². The maximum absolute atomic E-state index is 5.29. The van der Waals surface area contributed by atoms with Crippen LogP contribution in [0.25, 0.3) is 0 Å². The number of hydrazine groups is 1. The Morgan fingerprint density at radius 3 is 2.67 bits per heavy atom. The Balaban J connectivity index is 2.11. The van der Waals surface area contributed by atoms with Crippen LogP contribution in [0.2, 0.25) is 0 Å². The van der Waals surface area contributed by atoms with Crippen LogP contribution in [-0.2, 0) is 6.54 Å². The van der Waals surface area contributed by atoms with Crippen molar-refractivity contribution in [3.05, 3.63) is 46.6 Å². The average Bonchev–Trinajstić information content (AvgIpc) is 2.41. The van der Waals surface area contributed by atoms with E-state index in [1.165, 1.54) is 5.56 Å². The molecule has 1 aromatic carbocycles. The number of hydrogen-bond donors (Lipinski definition) is 2. The number of aromatic nitrogens is 2. The van der Waals surface area contributed by atoms with E-state index < -0.39 is 0 Å². The Bertz CT molecular complexity index is 514. The summed E-state index contributed by atoms with van der Waals surface area (Å²) >= 11 is 3.42. The second kappa shape index (κ2) is 5.79. The first kappa shape index (κ1) is 12.8. The third-order valence-electron chi connectivity index (χ3n) is 2.49. The van der Waals surface area contributed by atoms with Gasteiger partial charge in [0.25, 0.3) is 0 Å². The highest BCUT2D eigenvalue weighted by atomic mass is 79.9. The van der Waals surface area contributed by atoms with Crippen LogP contribution in [0.15, 0.2) is 41.0 Å². The molecule has 0 atom stereocenters. The van der Waals surface area contributed by atoms with Crippen molar-refractivity contribution < 1.29 is 0 Å². The minimum Gasteiger partial charge on any atom is -0.355 e. The third kappa shape index (κ3) is 3.18. The predicted octanol–water partition coefficient (Wildman–Crippen LogP) is 2.16. The van der Waals surface area contributed by atoms with Gasteiger partial charge in [0.2, 0.25) is 5.95 Å². The molecule has 94 valence electrons. The van der Waals surface area contributed by atoms with E-state index in [4.69, 9.17) is 5.84 Å². The second-order valence-corrected chi connectivity index (χ2v) is 4.78. The minimum absolute atomic E-state index is 0.412. The van der Waals surface area contributed by atoms with Gasteiger partial charge in [0.1, 0.15) is 5.82 Å². The van der Waals surface area contributed by atoms with E-state index in [0.717, 1.165) is 16.8 Å². The largest absolute Gasteiger partial charge is 0.355 e. The van der Waals surface area contributed by atoms with Crippen molar-refractivity contribution in [2.75, 3.05) is 17.4 Å². The van der Waals surface area contributed by atoms with Crippen molar-refractivity contribution >= 4 is 27.7 Å². The molecule has 0 radical (unpaired) electrons. The summed E-state index contributed by atoms with van der Waals surface area (Å²) in [4.78, 5) is 10.3. The van der Waals surface area contributed by atoms with Gasteiger partial charge in [-0.25, -0.2) is 10.8 Å². The molecule has 0 saturated heterocycles. The minimum atomic E-state index is 0.412. The van der Waals surface area contributed by atoms with Crippen molar-refractivity contribution in [1.29, 1.82) is 0 Å². The molecule has 0 bridgehead atoms. The lowest BCUT2D eigenvalue weighted by Crippen LogP contribution is -2.19.